The predicted octanol–water partition coefficient (Wildman–Crippen LogP) is 1.90. The molecule has 0 saturated carbocycles. The lowest BCUT2D eigenvalue weighted by Crippen LogP contribution is -2.50. The third kappa shape index (κ3) is 4.30. The summed E-state index contributed by atoms with van der Waals surface area (Å²) in [6.45, 7) is 0.697. The Balaban J connectivity index is 1.43. The molecule has 1 saturated heterocycles. The van der Waals surface area contributed by atoms with Gasteiger partial charge in [0, 0.05) is 13.1 Å². The Morgan fingerprint density at radius 2 is 1.88 bits per heavy atom. The Hall–Kier alpha value is -3.44. The van der Waals surface area contributed by atoms with Crippen molar-refractivity contribution in [3.05, 3.63) is 66.0 Å². The normalized spacial score (nSPS) is 14.6. The molecule has 0 bridgehead atoms. The van der Waals surface area contributed by atoms with Crippen LogP contribution in [0.3, 0.4) is 0 Å². The minimum absolute atomic E-state index is 0.0862. The van der Waals surface area contributed by atoms with Crippen LogP contribution >= 0.6 is 0 Å². The van der Waals surface area contributed by atoms with Crippen LogP contribution in [0.5, 0.6) is 11.5 Å². The number of carbonyl (C=O) groups excluding carboxylic acids is 1. The topological polar surface area (TPSA) is 113 Å². The van der Waals surface area contributed by atoms with Gasteiger partial charge in [-0.15, -0.1) is 5.10 Å². The van der Waals surface area contributed by atoms with Gasteiger partial charge < -0.3 is 14.2 Å². The lowest BCUT2D eigenvalue weighted by atomic mass is 10.2. The van der Waals surface area contributed by atoms with Gasteiger partial charge in [0.1, 0.15) is 28.7 Å². The second kappa shape index (κ2) is 8.97. The van der Waals surface area contributed by atoms with E-state index in [9.17, 15) is 13.2 Å². The summed E-state index contributed by atoms with van der Waals surface area (Å²) in [5.41, 5.74) is 0.769. The molecule has 0 amide bonds. The second-order valence-electron chi connectivity index (χ2n) is 7.12. The molecule has 1 fully saturated rings. The molecule has 0 radical (unpaired) electrons. The second-order valence-corrected chi connectivity index (χ2v) is 9.03. The summed E-state index contributed by atoms with van der Waals surface area (Å²) in [7, 11) is -1.27. The van der Waals surface area contributed by atoms with Crippen LogP contribution < -0.4 is 9.47 Å². The van der Waals surface area contributed by atoms with Gasteiger partial charge >= 0.3 is 5.97 Å². The molecule has 1 aliphatic heterocycles. The average molecular weight is 458 g/mol. The first kappa shape index (κ1) is 21.8. The van der Waals surface area contributed by atoms with Gasteiger partial charge in [-0.05, 0) is 30.3 Å². The molecule has 2 heterocycles. The standard InChI is InChI=1S/C21H22N4O6S/c1-29-19-9-8-15(21(26)30-2)10-20(19)32(27,28)24-12-17(13-24)25-11-16(22-23-25)14-31-18-6-4-3-5-7-18/h3-11,17H,12-14H2,1-2H3. The van der Waals surface area contributed by atoms with Gasteiger partial charge in [0.2, 0.25) is 10.0 Å². The summed E-state index contributed by atoms with van der Waals surface area (Å²) >= 11 is 0. The Labute approximate surface area is 185 Å². The summed E-state index contributed by atoms with van der Waals surface area (Å²) in [5, 5.41) is 8.20. The molecule has 32 heavy (non-hydrogen) atoms. The number of benzene rings is 2. The van der Waals surface area contributed by atoms with E-state index in [0.29, 0.717) is 5.69 Å². The summed E-state index contributed by atoms with van der Waals surface area (Å²) in [6.07, 6.45) is 1.75. The summed E-state index contributed by atoms with van der Waals surface area (Å²) < 4.78 is 44.7. The Bertz CT molecular complexity index is 1210. The molecule has 1 aliphatic rings. The van der Waals surface area contributed by atoms with Gasteiger partial charge in [0.05, 0.1) is 32.0 Å². The molecule has 168 valence electrons. The highest BCUT2D eigenvalue weighted by Gasteiger charge is 2.40. The van der Waals surface area contributed by atoms with Gasteiger partial charge in [-0.25, -0.2) is 17.9 Å². The zero-order chi connectivity index (χ0) is 22.7. The number of sulfonamides is 1. The van der Waals surface area contributed by atoms with Crippen molar-refractivity contribution >= 4 is 16.0 Å². The lowest BCUT2D eigenvalue weighted by Gasteiger charge is -2.37. The van der Waals surface area contributed by atoms with E-state index < -0.39 is 16.0 Å². The Morgan fingerprint density at radius 1 is 1.12 bits per heavy atom. The van der Waals surface area contributed by atoms with Crippen LogP contribution in [-0.2, 0) is 21.4 Å². The fraction of sp³-hybridized carbons (Fsp3) is 0.286. The Kier molecular flexibility index (Phi) is 6.10. The highest BCUT2D eigenvalue weighted by molar-refractivity contribution is 7.89. The number of para-hydroxylation sites is 1. The minimum atomic E-state index is -3.88. The van der Waals surface area contributed by atoms with Gasteiger partial charge in [-0.3, -0.25) is 0 Å². The minimum Gasteiger partial charge on any atom is -0.495 e. The van der Waals surface area contributed by atoms with Crippen molar-refractivity contribution in [3.63, 3.8) is 0 Å². The number of hydrogen-bond acceptors (Lipinski definition) is 8. The fourth-order valence-electron chi connectivity index (χ4n) is 3.27. The maximum Gasteiger partial charge on any atom is 0.337 e. The number of carbonyl (C=O) groups is 1. The molecule has 11 heteroatoms. The number of methoxy groups -OCH3 is 2. The SMILES string of the molecule is COC(=O)c1ccc(OC)c(S(=O)(=O)N2CC(n3cc(COc4ccccc4)nn3)C2)c1. The third-order valence-corrected chi connectivity index (χ3v) is 6.95. The first-order valence-electron chi connectivity index (χ1n) is 9.77. The third-order valence-electron chi connectivity index (χ3n) is 5.09. The van der Waals surface area contributed by atoms with E-state index in [0.717, 1.165) is 5.75 Å². The van der Waals surface area contributed by atoms with Crippen molar-refractivity contribution in [3.8, 4) is 11.5 Å². The summed E-state index contributed by atoms with van der Waals surface area (Å²) in [6, 6.07) is 13.4. The number of aromatic nitrogens is 3. The molecule has 0 aliphatic carbocycles. The number of ether oxygens (including phenoxy) is 3. The smallest absolute Gasteiger partial charge is 0.337 e. The van der Waals surface area contributed by atoms with Gasteiger partial charge in [-0.2, -0.15) is 4.31 Å². The van der Waals surface area contributed by atoms with Gasteiger partial charge in [-0.1, -0.05) is 23.4 Å². The number of nitrogens with zero attached hydrogens (tertiary/aromatic N) is 4. The molecule has 3 aromatic rings. The molecule has 0 N–H and O–H groups in total. The molecule has 0 atom stereocenters. The summed E-state index contributed by atoms with van der Waals surface area (Å²) in [4.78, 5) is 11.7. The van der Waals surface area contributed by atoms with E-state index in [1.165, 1.54) is 36.7 Å². The van der Waals surface area contributed by atoms with E-state index in [1.807, 2.05) is 30.3 Å². The quantitative estimate of drug-likeness (QED) is 0.471. The lowest BCUT2D eigenvalue weighted by molar-refractivity contribution is 0.0600. The van der Waals surface area contributed by atoms with E-state index in [-0.39, 0.29) is 41.9 Å². The van der Waals surface area contributed by atoms with Crippen LogP contribution in [0.25, 0.3) is 0 Å². The monoisotopic (exact) mass is 458 g/mol. The van der Waals surface area contributed by atoms with Crippen molar-refractivity contribution < 1.29 is 27.4 Å². The van der Waals surface area contributed by atoms with Crippen molar-refractivity contribution in [2.75, 3.05) is 27.3 Å². The van der Waals surface area contributed by atoms with E-state index in [4.69, 9.17) is 9.47 Å². The average Bonchev–Trinajstić information content (AvgIpc) is 3.24. The van der Waals surface area contributed by atoms with Crippen molar-refractivity contribution in [1.82, 2.24) is 19.3 Å². The van der Waals surface area contributed by atoms with Crippen LogP contribution in [0.2, 0.25) is 0 Å². The largest absolute Gasteiger partial charge is 0.495 e. The molecular weight excluding hydrogens is 436 g/mol. The van der Waals surface area contributed by atoms with Gasteiger partial charge in [0.25, 0.3) is 0 Å². The molecule has 4 rings (SSSR count). The maximum atomic E-state index is 13.1. The van der Waals surface area contributed by atoms with Crippen molar-refractivity contribution in [2.45, 2.75) is 17.5 Å². The van der Waals surface area contributed by atoms with Crippen LogP contribution in [0.4, 0.5) is 0 Å². The molecule has 0 spiro atoms. The molecule has 1 aromatic heterocycles. The van der Waals surface area contributed by atoms with Crippen LogP contribution in [0, 0.1) is 0 Å². The fourth-order valence-corrected chi connectivity index (χ4v) is 4.97. The molecule has 10 nitrogen and oxygen atoms in total. The molecular formula is C21H22N4O6S. The number of hydrogen-bond donors (Lipinski definition) is 0. The molecule has 2 aromatic carbocycles. The zero-order valence-electron chi connectivity index (χ0n) is 17.5. The summed E-state index contributed by atoms with van der Waals surface area (Å²) in [5.74, 6) is 0.256. The zero-order valence-corrected chi connectivity index (χ0v) is 18.4. The van der Waals surface area contributed by atoms with E-state index >= 15 is 0 Å². The van der Waals surface area contributed by atoms with Crippen LogP contribution in [0.15, 0.2) is 59.6 Å². The van der Waals surface area contributed by atoms with Crippen LogP contribution in [0.1, 0.15) is 22.1 Å². The maximum absolute atomic E-state index is 13.1. The first-order chi connectivity index (χ1) is 15.4. The van der Waals surface area contributed by atoms with Crippen molar-refractivity contribution in [2.24, 2.45) is 0 Å². The number of esters is 1. The van der Waals surface area contributed by atoms with E-state index in [2.05, 4.69) is 15.0 Å². The number of rotatable bonds is 8. The Morgan fingerprint density at radius 3 is 2.56 bits per heavy atom. The van der Waals surface area contributed by atoms with E-state index in [1.54, 1.807) is 10.9 Å². The van der Waals surface area contributed by atoms with Gasteiger partial charge in [0.15, 0.2) is 0 Å². The highest BCUT2D eigenvalue weighted by atomic mass is 32.2. The van der Waals surface area contributed by atoms with Crippen LogP contribution in [-0.4, -0.2) is 61.0 Å². The molecule has 0 unspecified atom stereocenters. The van der Waals surface area contributed by atoms with Crippen molar-refractivity contribution in [1.29, 1.82) is 0 Å². The predicted molar refractivity (Wildman–Crippen MR) is 113 cm³/mol. The first-order valence-corrected chi connectivity index (χ1v) is 11.2. The highest BCUT2D eigenvalue weighted by Crippen LogP contribution is 2.33.